The van der Waals surface area contributed by atoms with Gasteiger partial charge in [-0.25, -0.2) is 9.59 Å². The van der Waals surface area contributed by atoms with Crippen LogP contribution in [0.1, 0.15) is 48.4 Å². The van der Waals surface area contributed by atoms with E-state index in [-0.39, 0.29) is 24.3 Å². The molecule has 0 aliphatic carbocycles. The van der Waals surface area contributed by atoms with Crippen molar-refractivity contribution in [3.05, 3.63) is 35.4 Å². The third-order valence-corrected chi connectivity index (χ3v) is 4.43. The average molecular weight is 401 g/mol. The van der Waals surface area contributed by atoms with E-state index >= 15 is 0 Å². The zero-order valence-corrected chi connectivity index (χ0v) is 17.7. The van der Waals surface area contributed by atoms with Gasteiger partial charge >= 0.3 is 11.9 Å². The molecule has 0 saturated carbocycles. The van der Waals surface area contributed by atoms with Crippen LogP contribution in [0.15, 0.2) is 24.3 Å². The van der Waals surface area contributed by atoms with Crippen LogP contribution in [0.3, 0.4) is 0 Å². The molecule has 1 rings (SSSR count). The van der Waals surface area contributed by atoms with Gasteiger partial charge in [-0.15, -0.1) is 12.4 Å². The number of rotatable bonds is 12. The first kappa shape index (κ1) is 25.4. The Balaban J connectivity index is 0.00000676. The highest BCUT2D eigenvalue weighted by Crippen LogP contribution is 2.08. The van der Waals surface area contributed by atoms with E-state index in [1.165, 1.54) is 0 Å². The summed E-state index contributed by atoms with van der Waals surface area (Å²) < 4.78 is 10.6. The Morgan fingerprint density at radius 3 is 1.26 bits per heavy atom. The second-order valence-corrected chi connectivity index (χ2v) is 5.90. The van der Waals surface area contributed by atoms with Crippen LogP contribution in [0.25, 0.3) is 0 Å². The van der Waals surface area contributed by atoms with Crippen molar-refractivity contribution in [1.29, 1.82) is 0 Å². The molecule has 0 saturated heterocycles. The van der Waals surface area contributed by atoms with E-state index in [0.717, 1.165) is 39.3 Å². The van der Waals surface area contributed by atoms with E-state index in [1.54, 1.807) is 24.3 Å². The molecule has 0 radical (unpaired) electrons. The fourth-order valence-corrected chi connectivity index (χ4v) is 2.52. The minimum absolute atomic E-state index is 0. The third kappa shape index (κ3) is 9.22. The van der Waals surface area contributed by atoms with Crippen LogP contribution in [0.2, 0.25) is 0 Å². The van der Waals surface area contributed by atoms with E-state index in [4.69, 9.17) is 9.47 Å². The Hall–Kier alpha value is -1.63. The molecular formula is C20H33ClN2O4. The molecule has 0 heterocycles. The maximum Gasteiger partial charge on any atom is 0.338 e. The van der Waals surface area contributed by atoms with Gasteiger partial charge in [-0.1, -0.05) is 27.7 Å². The van der Waals surface area contributed by atoms with Gasteiger partial charge < -0.3 is 19.3 Å². The molecule has 0 N–H and O–H groups in total. The standard InChI is InChI=1S/C20H32N2O4.ClH/c1-5-21(6-2)13-15-25-19(23)17-9-11-18(12-10-17)20(24)26-16-14-22(7-3)8-4;/h9-12H,5-8,13-16H2,1-4H3;1H. The Morgan fingerprint density at radius 1 is 0.704 bits per heavy atom. The van der Waals surface area contributed by atoms with Crippen LogP contribution >= 0.6 is 12.4 Å². The third-order valence-electron chi connectivity index (χ3n) is 4.43. The zero-order chi connectivity index (χ0) is 19.4. The molecule has 0 unspecified atom stereocenters. The number of likely N-dealkylation sites (N-methyl/N-ethyl adjacent to an activating group) is 2. The summed E-state index contributed by atoms with van der Waals surface area (Å²) in [5.74, 6) is -0.753. The van der Waals surface area contributed by atoms with Crippen molar-refractivity contribution in [2.24, 2.45) is 0 Å². The lowest BCUT2D eigenvalue weighted by Gasteiger charge is -2.17. The Morgan fingerprint density at radius 2 is 1.00 bits per heavy atom. The molecule has 27 heavy (non-hydrogen) atoms. The second-order valence-electron chi connectivity index (χ2n) is 5.90. The number of ether oxygens (including phenoxy) is 2. The maximum absolute atomic E-state index is 12.0. The van der Waals surface area contributed by atoms with Gasteiger partial charge in [0.2, 0.25) is 0 Å². The van der Waals surface area contributed by atoms with Crippen molar-refractivity contribution in [2.75, 3.05) is 52.5 Å². The Kier molecular flexibility index (Phi) is 13.6. The van der Waals surface area contributed by atoms with Crippen LogP contribution in [0.5, 0.6) is 0 Å². The van der Waals surface area contributed by atoms with E-state index in [2.05, 4.69) is 37.5 Å². The second kappa shape index (κ2) is 14.4. The number of benzene rings is 1. The lowest BCUT2D eigenvalue weighted by Crippen LogP contribution is -2.28. The molecule has 0 aliphatic rings. The van der Waals surface area contributed by atoms with Crippen molar-refractivity contribution in [1.82, 2.24) is 9.80 Å². The number of carbonyl (C=O) groups is 2. The van der Waals surface area contributed by atoms with Gasteiger partial charge in [-0.05, 0) is 50.4 Å². The van der Waals surface area contributed by atoms with Gasteiger partial charge in [0.15, 0.2) is 0 Å². The van der Waals surface area contributed by atoms with Crippen LogP contribution in [0.4, 0.5) is 0 Å². The first-order chi connectivity index (χ1) is 12.5. The van der Waals surface area contributed by atoms with Crippen LogP contribution in [-0.4, -0.2) is 74.2 Å². The molecule has 154 valence electrons. The molecular weight excluding hydrogens is 368 g/mol. The number of hydrogen-bond acceptors (Lipinski definition) is 6. The van der Waals surface area contributed by atoms with Gasteiger partial charge in [0.25, 0.3) is 0 Å². The van der Waals surface area contributed by atoms with Gasteiger partial charge in [0.05, 0.1) is 11.1 Å². The molecule has 0 bridgehead atoms. The first-order valence-electron chi connectivity index (χ1n) is 9.44. The SMILES string of the molecule is CCN(CC)CCOC(=O)c1ccc(C(=O)OCCN(CC)CC)cc1.Cl. The molecule has 0 aliphatic heterocycles. The van der Waals surface area contributed by atoms with Crippen molar-refractivity contribution < 1.29 is 19.1 Å². The predicted molar refractivity (Wildman–Crippen MR) is 110 cm³/mol. The van der Waals surface area contributed by atoms with Gasteiger partial charge in [0, 0.05) is 13.1 Å². The highest BCUT2D eigenvalue weighted by molar-refractivity contribution is 5.93. The van der Waals surface area contributed by atoms with Crippen LogP contribution in [-0.2, 0) is 9.47 Å². The van der Waals surface area contributed by atoms with E-state index in [0.29, 0.717) is 24.3 Å². The molecule has 6 nitrogen and oxygen atoms in total. The summed E-state index contributed by atoms with van der Waals surface area (Å²) in [6.45, 7) is 14.2. The van der Waals surface area contributed by atoms with Crippen LogP contribution < -0.4 is 0 Å². The molecule has 0 aromatic heterocycles. The minimum atomic E-state index is -0.376. The Labute approximate surface area is 169 Å². The van der Waals surface area contributed by atoms with Crippen molar-refractivity contribution in [3.63, 3.8) is 0 Å². The van der Waals surface area contributed by atoms with E-state index in [9.17, 15) is 9.59 Å². The monoisotopic (exact) mass is 400 g/mol. The largest absolute Gasteiger partial charge is 0.461 e. The van der Waals surface area contributed by atoms with Crippen molar-refractivity contribution in [2.45, 2.75) is 27.7 Å². The van der Waals surface area contributed by atoms with Crippen molar-refractivity contribution >= 4 is 24.3 Å². The zero-order valence-electron chi connectivity index (χ0n) is 16.9. The van der Waals surface area contributed by atoms with E-state index < -0.39 is 0 Å². The average Bonchev–Trinajstić information content (AvgIpc) is 2.68. The van der Waals surface area contributed by atoms with Gasteiger partial charge in [0.1, 0.15) is 13.2 Å². The molecule has 0 amide bonds. The summed E-state index contributed by atoms with van der Waals surface area (Å²) in [6.07, 6.45) is 0. The Bertz CT molecular complexity index is 494. The highest BCUT2D eigenvalue weighted by atomic mass is 35.5. The number of halogens is 1. The summed E-state index contributed by atoms with van der Waals surface area (Å²) in [7, 11) is 0. The van der Waals surface area contributed by atoms with Gasteiger partial charge in [-0.2, -0.15) is 0 Å². The first-order valence-corrected chi connectivity index (χ1v) is 9.44. The smallest absolute Gasteiger partial charge is 0.338 e. The summed E-state index contributed by atoms with van der Waals surface area (Å²) >= 11 is 0. The lowest BCUT2D eigenvalue weighted by atomic mass is 10.1. The summed E-state index contributed by atoms with van der Waals surface area (Å²) in [6, 6.07) is 6.39. The van der Waals surface area contributed by atoms with E-state index in [1.807, 2.05) is 0 Å². The molecule has 0 spiro atoms. The summed E-state index contributed by atoms with van der Waals surface area (Å²) in [5, 5.41) is 0. The molecule has 1 aromatic carbocycles. The lowest BCUT2D eigenvalue weighted by molar-refractivity contribution is 0.0452. The number of esters is 2. The topological polar surface area (TPSA) is 59.1 Å². The van der Waals surface area contributed by atoms with Crippen molar-refractivity contribution in [3.8, 4) is 0 Å². The molecule has 1 aromatic rings. The fourth-order valence-electron chi connectivity index (χ4n) is 2.52. The predicted octanol–water partition coefficient (Wildman–Crippen LogP) is 3.11. The molecule has 7 heteroatoms. The fraction of sp³-hybridized carbons (Fsp3) is 0.600. The quantitative estimate of drug-likeness (QED) is 0.502. The van der Waals surface area contributed by atoms with Gasteiger partial charge in [-0.3, -0.25) is 0 Å². The highest BCUT2D eigenvalue weighted by Gasteiger charge is 2.12. The number of nitrogens with zero attached hydrogens (tertiary/aromatic N) is 2. The normalized spacial score (nSPS) is 10.6. The summed E-state index contributed by atoms with van der Waals surface area (Å²) in [5.41, 5.74) is 0.869. The number of carbonyl (C=O) groups excluding carboxylic acids is 2. The summed E-state index contributed by atoms with van der Waals surface area (Å²) in [4.78, 5) is 28.4. The molecule has 0 atom stereocenters. The van der Waals surface area contributed by atoms with Crippen LogP contribution in [0, 0.1) is 0 Å². The maximum atomic E-state index is 12.0. The number of hydrogen-bond donors (Lipinski definition) is 0. The molecule has 0 fully saturated rings. The minimum Gasteiger partial charge on any atom is -0.461 e.